The van der Waals surface area contributed by atoms with Gasteiger partial charge < -0.3 is 9.52 Å². The fraction of sp³-hybridized carbons (Fsp3) is 0.0667. The number of hydrogen-bond acceptors (Lipinski definition) is 4. The topological polar surface area (TPSA) is 90.0 Å². The van der Waals surface area contributed by atoms with Crippen LogP contribution >= 0.6 is 0 Å². The lowest BCUT2D eigenvalue weighted by molar-refractivity contribution is 0.220. The van der Waals surface area contributed by atoms with Crippen LogP contribution in [-0.4, -0.2) is 10.1 Å². The van der Waals surface area contributed by atoms with Crippen LogP contribution in [0.2, 0.25) is 0 Å². The molecule has 0 spiro atoms. The monoisotopic (exact) mass is 266 g/mol. The molecule has 0 aliphatic heterocycles. The largest absolute Gasteiger partial charge is 0.417 e. The third kappa shape index (κ3) is 2.09. The van der Waals surface area contributed by atoms with E-state index in [-0.39, 0.29) is 0 Å². The molecule has 2 aromatic carbocycles. The molecule has 0 bridgehead atoms. The molecule has 5 nitrogen and oxygen atoms in total. The maximum atomic E-state index is 11.1. The first-order valence-corrected chi connectivity index (χ1v) is 5.98. The number of H-pyrrole nitrogens is 1. The quantitative estimate of drug-likeness (QED) is 0.743. The maximum absolute atomic E-state index is 11.1. The number of fused-ring (bicyclic) bond motifs is 1. The summed E-state index contributed by atoms with van der Waals surface area (Å²) in [5.74, 6) is -0.523. The molecule has 0 saturated carbocycles. The Labute approximate surface area is 113 Å². The summed E-state index contributed by atoms with van der Waals surface area (Å²) in [5, 5.41) is 19.1. The molecule has 1 unspecified atom stereocenters. The van der Waals surface area contributed by atoms with E-state index in [0.29, 0.717) is 27.8 Å². The number of aliphatic hydroxyl groups is 1. The Balaban J connectivity index is 2.00. The van der Waals surface area contributed by atoms with Gasteiger partial charge in [0.1, 0.15) is 6.10 Å². The Kier molecular flexibility index (Phi) is 2.86. The van der Waals surface area contributed by atoms with Crippen LogP contribution in [0.1, 0.15) is 22.8 Å². The molecule has 5 heteroatoms. The van der Waals surface area contributed by atoms with Gasteiger partial charge in [-0.25, -0.2) is 4.79 Å². The Morgan fingerprint density at radius 2 is 1.85 bits per heavy atom. The van der Waals surface area contributed by atoms with Crippen molar-refractivity contribution in [3.05, 3.63) is 69.7 Å². The van der Waals surface area contributed by atoms with Crippen LogP contribution in [0, 0.1) is 11.3 Å². The van der Waals surface area contributed by atoms with E-state index in [1.165, 1.54) is 0 Å². The zero-order valence-electron chi connectivity index (χ0n) is 10.3. The molecule has 1 aromatic heterocycles. The number of nitrogens with one attached hydrogen (secondary N) is 1. The van der Waals surface area contributed by atoms with Crippen LogP contribution in [0.15, 0.2) is 51.7 Å². The van der Waals surface area contributed by atoms with Crippen molar-refractivity contribution in [1.29, 1.82) is 5.26 Å². The Bertz CT molecular complexity index is 853. The molecular formula is C15H10N2O3. The second-order valence-corrected chi connectivity index (χ2v) is 4.41. The highest BCUT2D eigenvalue weighted by Crippen LogP contribution is 2.24. The summed E-state index contributed by atoms with van der Waals surface area (Å²) in [5.41, 5.74) is 2.84. The van der Waals surface area contributed by atoms with Gasteiger partial charge in [-0.1, -0.05) is 18.2 Å². The molecule has 0 fully saturated rings. The van der Waals surface area contributed by atoms with Crippen LogP contribution in [0.3, 0.4) is 0 Å². The van der Waals surface area contributed by atoms with Crippen molar-refractivity contribution in [2.24, 2.45) is 0 Å². The summed E-state index contributed by atoms with van der Waals surface area (Å²) in [4.78, 5) is 13.6. The fourth-order valence-corrected chi connectivity index (χ4v) is 2.07. The van der Waals surface area contributed by atoms with Gasteiger partial charge in [-0.2, -0.15) is 5.26 Å². The van der Waals surface area contributed by atoms with Gasteiger partial charge in [0.15, 0.2) is 5.58 Å². The normalized spacial score (nSPS) is 12.2. The molecule has 0 aliphatic carbocycles. The van der Waals surface area contributed by atoms with Gasteiger partial charge in [-0.3, -0.25) is 4.98 Å². The van der Waals surface area contributed by atoms with Crippen molar-refractivity contribution < 1.29 is 9.52 Å². The van der Waals surface area contributed by atoms with E-state index in [1.807, 2.05) is 6.07 Å². The van der Waals surface area contributed by atoms with Crippen molar-refractivity contribution in [3.63, 3.8) is 0 Å². The number of aromatic nitrogens is 1. The smallest absolute Gasteiger partial charge is 0.408 e. The summed E-state index contributed by atoms with van der Waals surface area (Å²) in [6, 6.07) is 13.7. The van der Waals surface area contributed by atoms with E-state index in [4.69, 9.17) is 9.68 Å². The average Bonchev–Trinajstić information content (AvgIpc) is 2.85. The second kappa shape index (κ2) is 4.68. The fourth-order valence-electron chi connectivity index (χ4n) is 2.07. The lowest BCUT2D eigenvalue weighted by Crippen LogP contribution is -1.99. The molecule has 3 rings (SSSR count). The van der Waals surface area contributed by atoms with Crippen LogP contribution in [0.4, 0.5) is 0 Å². The third-order valence-corrected chi connectivity index (χ3v) is 3.11. The van der Waals surface area contributed by atoms with Gasteiger partial charge in [0, 0.05) is 0 Å². The van der Waals surface area contributed by atoms with E-state index in [9.17, 15) is 9.90 Å². The molecule has 0 amide bonds. The number of rotatable bonds is 2. The Morgan fingerprint density at radius 1 is 1.15 bits per heavy atom. The molecule has 98 valence electrons. The molecule has 2 N–H and O–H groups in total. The van der Waals surface area contributed by atoms with E-state index < -0.39 is 11.9 Å². The SMILES string of the molecule is N#Cc1ccc(C(O)c2ccc3oc(=O)[nH]c3c2)cc1. The standard InChI is InChI=1S/C15H10N2O3/c16-8-9-1-3-10(4-2-9)14(18)11-5-6-13-12(7-11)17-15(19)20-13/h1-7,14,18H,(H,17,19). The van der Waals surface area contributed by atoms with Crippen molar-refractivity contribution >= 4 is 11.1 Å². The highest BCUT2D eigenvalue weighted by atomic mass is 16.4. The molecule has 0 aliphatic rings. The molecular weight excluding hydrogens is 256 g/mol. The number of nitriles is 1. The Morgan fingerprint density at radius 3 is 2.55 bits per heavy atom. The van der Waals surface area contributed by atoms with Crippen LogP contribution in [-0.2, 0) is 0 Å². The number of hydrogen-bond donors (Lipinski definition) is 2. The van der Waals surface area contributed by atoms with Gasteiger partial charge in [-0.05, 0) is 35.4 Å². The lowest BCUT2D eigenvalue weighted by atomic mass is 10.0. The Hall–Kier alpha value is -2.84. The van der Waals surface area contributed by atoms with Gasteiger partial charge in [0.25, 0.3) is 0 Å². The molecule has 1 heterocycles. The zero-order chi connectivity index (χ0) is 14.1. The molecule has 0 saturated heterocycles. The summed E-state index contributed by atoms with van der Waals surface area (Å²) < 4.78 is 4.91. The number of aliphatic hydroxyl groups excluding tert-OH is 1. The van der Waals surface area contributed by atoms with Gasteiger partial charge >= 0.3 is 5.76 Å². The predicted molar refractivity (Wildman–Crippen MR) is 72.1 cm³/mol. The maximum Gasteiger partial charge on any atom is 0.417 e. The van der Waals surface area contributed by atoms with Gasteiger partial charge in [0.05, 0.1) is 17.1 Å². The van der Waals surface area contributed by atoms with E-state index in [0.717, 1.165) is 0 Å². The van der Waals surface area contributed by atoms with Crippen molar-refractivity contribution in [1.82, 2.24) is 4.98 Å². The zero-order valence-corrected chi connectivity index (χ0v) is 10.3. The first-order valence-electron chi connectivity index (χ1n) is 5.98. The minimum atomic E-state index is -0.828. The number of nitrogens with zero attached hydrogens (tertiary/aromatic N) is 1. The number of benzene rings is 2. The lowest BCUT2D eigenvalue weighted by Gasteiger charge is -2.11. The highest BCUT2D eigenvalue weighted by Gasteiger charge is 2.12. The minimum Gasteiger partial charge on any atom is -0.408 e. The van der Waals surface area contributed by atoms with Crippen molar-refractivity contribution in [3.8, 4) is 6.07 Å². The molecule has 0 radical (unpaired) electrons. The average molecular weight is 266 g/mol. The van der Waals surface area contributed by atoms with Crippen LogP contribution < -0.4 is 5.76 Å². The van der Waals surface area contributed by atoms with E-state index >= 15 is 0 Å². The van der Waals surface area contributed by atoms with Gasteiger partial charge in [0.2, 0.25) is 0 Å². The van der Waals surface area contributed by atoms with Crippen LogP contribution in [0.5, 0.6) is 0 Å². The predicted octanol–water partition coefficient (Wildman–Crippen LogP) is 2.07. The summed E-state index contributed by atoms with van der Waals surface area (Å²) >= 11 is 0. The van der Waals surface area contributed by atoms with E-state index in [2.05, 4.69) is 4.98 Å². The molecule has 20 heavy (non-hydrogen) atoms. The van der Waals surface area contributed by atoms with Crippen molar-refractivity contribution in [2.75, 3.05) is 0 Å². The molecule has 1 atom stereocenters. The molecule has 3 aromatic rings. The second-order valence-electron chi connectivity index (χ2n) is 4.41. The van der Waals surface area contributed by atoms with E-state index in [1.54, 1.807) is 42.5 Å². The van der Waals surface area contributed by atoms with Gasteiger partial charge in [-0.15, -0.1) is 0 Å². The highest BCUT2D eigenvalue weighted by molar-refractivity contribution is 5.73. The number of aromatic amines is 1. The third-order valence-electron chi connectivity index (χ3n) is 3.11. The van der Waals surface area contributed by atoms with Crippen molar-refractivity contribution in [2.45, 2.75) is 6.10 Å². The first kappa shape index (κ1) is 12.2. The summed E-state index contributed by atoms with van der Waals surface area (Å²) in [7, 11) is 0. The first-order chi connectivity index (χ1) is 9.67. The number of oxazole rings is 1. The minimum absolute atomic E-state index is 0.450. The summed E-state index contributed by atoms with van der Waals surface area (Å²) in [6.45, 7) is 0. The van der Waals surface area contributed by atoms with Crippen LogP contribution in [0.25, 0.3) is 11.1 Å². The summed E-state index contributed by atoms with van der Waals surface area (Å²) in [6.07, 6.45) is -0.828.